The van der Waals surface area contributed by atoms with Crippen LogP contribution in [0.3, 0.4) is 0 Å². The van der Waals surface area contributed by atoms with Crippen molar-refractivity contribution in [3.63, 3.8) is 0 Å². The van der Waals surface area contributed by atoms with E-state index in [1.165, 1.54) is 5.56 Å². The summed E-state index contributed by atoms with van der Waals surface area (Å²) in [5.41, 5.74) is 1.20. The molecule has 0 saturated heterocycles. The van der Waals surface area contributed by atoms with E-state index in [9.17, 15) is 8.78 Å². The average molecular weight is 431 g/mol. The van der Waals surface area contributed by atoms with Crippen LogP contribution in [-0.2, 0) is 0 Å². The van der Waals surface area contributed by atoms with E-state index in [0.717, 1.165) is 63.7 Å². The molecule has 1 nitrogen and oxygen atoms in total. The van der Waals surface area contributed by atoms with Gasteiger partial charge in [0.1, 0.15) is 5.75 Å². The molecule has 2 saturated carbocycles. The minimum Gasteiger partial charge on any atom is -0.494 e. The molecule has 0 amide bonds. The molecule has 1 aromatic rings. The second-order valence-electron chi connectivity index (χ2n) is 9.64. The molecule has 1 aromatic carbocycles. The highest BCUT2D eigenvalue weighted by atomic mass is 19.3. The molecule has 2 unspecified atom stereocenters. The Bertz CT molecular complexity index is 698. The average Bonchev–Trinajstić information content (AvgIpc) is 2.77. The summed E-state index contributed by atoms with van der Waals surface area (Å²) in [7, 11) is 0. The van der Waals surface area contributed by atoms with Crippen molar-refractivity contribution in [3.05, 3.63) is 48.1 Å². The van der Waals surface area contributed by atoms with Gasteiger partial charge >= 0.3 is 0 Å². The first kappa shape index (κ1) is 24.0. The van der Waals surface area contributed by atoms with Crippen molar-refractivity contribution >= 4 is 6.08 Å². The van der Waals surface area contributed by atoms with Crippen LogP contribution in [-0.4, -0.2) is 12.5 Å². The van der Waals surface area contributed by atoms with E-state index in [4.69, 9.17) is 4.74 Å². The first-order valence-corrected chi connectivity index (χ1v) is 12.5. The summed E-state index contributed by atoms with van der Waals surface area (Å²) in [6, 6.07) is 8.27. The summed E-state index contributed by atoms with van der Waals surface area (Å²) in [5, 5.41) is 0. The minimum absolute atomic E-state index is 0.0824. The summed E-state index contributed by atoms with van der Waals surface area (Å²) in [5.74, 6) is -0.883. The number of halogens is 2. The molecule has 172 valence electrons. The molecule has 3 heteroatoms. The molecule has 0 bridgehead atoms. The molecule has 0 spiro atoms. The van der Waals surface area contributed by atoms with Gasteiger partial charge in [-0.15, -0.1) is 0 Å². The van der Waals surface area contributed by atoms with Crippen LogP contribution in [0.25, 0.3) is 6.08 Å². The minimum atomic E-state index is -2.52. The van der Waals surface area contributed by atoms with E-state index in [2.05, 4.69) is 44.2 Å². The van der Waals surface area contributed by atoms with Crippen LogP contribution >= 0.6 is 0 Å². The largest absolute Gasteiger partial charge is 0.494 e. The van der Waals surface area contributed by atoms with E-state index >= 15 is 0 Å². The smallest absolute Gasteiger partial charge is 0.254 e. The molecule has 2 atom stereocenters. The zero-order valence-electron chi connectivity index (χ0n) is 19.4. The third kappa shape index (κ3) is 7.47. The molecule has 2 aliphatic rings. The Morgan fingerprint density at radius 2 is 1.55 bits per heavy atom. The molecule has 31 heavy (non-hydrogen) atoms. The highest BCUT2D eigenvalue weighted by molar-refractivity contribution is 5.50. The maximum atomic E-state index is 14.5. The van der Waals surface area contributed by atoms with Crippen molar-refractivity contribution < 1.29 is 13.5 Å². The van der Waals surface area contributed by atoms with Crippen LogP contribution in [0.2, 0.25) is 0 Å². The van der Waals surface area contributed by atoms with Gasteiger partial charge in [0.05, 0.1) is 6.61 Å². The Kier molecular flexibility index (Phi) is 9.16. The zero-order chi connectivity index (χ0) is 22.1. The lowest BCUT2D eigenvalue weighted by atomic mass is 9.76. The van der Waals surface area contributed by atoms with Gasteiger partial charge in [0, 0.05) is 12.3 Å². The Balaban J connectivity index is 1.42. The van der Waals surface area contributed by atoms with Crippen molar-refractivity contribution in [2.24, 2.45) is 23.7 Å². The number of rotatable bonds is 9. The fourth-order valence-electron chi connectivity index (χ4n) is 5.12. The topological polar surface area (TPSA) is 9.23 Å². The quantitative estimate of drug-likeness (QED) is 0.356. The molecule has 0 heterocycles. The van der Waals surface area contributed by atoms with Crippen LogP contribution in [0.15, 0.2) is 42.5 Å². The predicted molar refractivity (Wildman–Crippen MR) is 127 cm³/mol. The zero-order valence-corrected chi connectivity index (χ0v) is 19.4. The fraction of sp³-hybridized carbons (Fsp3) is 0.643. The second-order valence-corrected chi connectivity index (χ2v) is 9.64. The van der Waals surface area contributed by atoms with Gasteiger partial charge < -0.3 is 4.74 Å². The van der Waals surface area contributed by atoms with Crippen molar-refractivity contribution in [2.45, 2.75) is 84.0 Å². The molecule has 3 rings (SSSR count). The third-order valence-corrected chi connectivity index (χ3v) is 7.03. The van der Waals surface area contributed by atoms with E-state index in [1.54, 1.807) is 0 Å². The number of hydrogen-bond acceptors (Lipinski definition) is 1. The van der Waals surface area contributed by atoms with Crippen molar-refractivity contribution in [3.8, 4) is 5.75 Å². The SMILES string of the molecule is CCCOc1ccc(/C=C/C2CCC(/C=C/C3CCC(CCC)CC3(F)F)CC2)cc1. The van der Waals surface area contributed by atoms with E-state index in [-0.39, 0.29) is 12.3 Å². The third-order valence-electron chi connectivity index (χ3n) is 7.03. The lowest BCUT2D eigenvalue weighted by molar-refractivity contribution is -0.0859. The van der Waals surface area contributed by atoms with Crippen LogP contribution in [0.1, 0.15) is 83.6 Å². The van der Waals surface area contributed by atoms with Gasteiger partial charge in [-0.3, -0.25) is 0 Å². The van der Waals surface area contributed by atoms with E-state index < -0.39 is 11.8 Å². The van der Waals surface area contributed by atoms with Crippen molar-refractivity contribution in [1.82, 2.24) is 0 Å². The lowest BCUT2D eigenvalue weighted by Gasteiger charge is -2.35. The second kappa shape index (κ2) is 11.8. The maximum absolute atomic E-state index is 14.5. The predicted octanol–water partition coefficient (Wildman–Crippen LogP) is 8.70. The maximum Gasteiger partial charge on any atom is 0.254 e. The Hall–Kier alpha value is -1.64. The van der Waals surface area contributed by atoms with Gasteiger partial charge in [-0.25, -0.2) is 8.78 Å². The van der Waals surface area contributed by atoms with Crippen LogP contribution < -0.4 is 4.74 Å². The Morgan fingerprint density at radius 3 is 2.16 bits per heavy atom. The van der Waals surface area contributed by atoms with Gasteiger partial charge in [-0.2, -0.15) is 0 Å². The lowest BCUT2D eigenvalue weighted by Crippen LogP contribution is -2.34. The molecule has 0 aromatic heterocycles. The van der Waals surface area contributed by atoms with Gasteiger partial charge in [-0.05, 0) is 80.4 Å². The molecular weight excluding hydrogens is 390 g/mol. The highest BCUT2D eigenvalue weighted by Crippen LogP contribution is 2.44. The van der Waals surface area contributed by atoms with Crippen molar-refractivity contribution in [2.75, 3.05) is 6.61 Å². The highest BCUT2D eigenvalue weighted by Gasteiger charge is 2.43. The molecule has 0 aliphatic heterocycles. The van der Waals surface area contributed by atoms with Crippen molar-refractivity contribution in [1.29, 1.82) is 0 Å². The Labute approximate surface area is 188 Å². The van der Waals surface area contributed by atoms with Crippen LogP contribution in [0.4, 0.5) is 8.78 Å². The van der Waals surface area contributed by atoms with Gasteiger partial charge in [0.25, 0.3) is 5.92 Å². The fourth-order valence-corrected chi connectivity index (χ4v) is 5.12. The van der Waals surface area contributed by atoms with Gasteiger partial charge in [0.2, 0.25) is 0 Å². The molecule has 0 radical (unpaired) electrons. The molecular formula is C28H40F2O. The summed E-state index contributed by atoms with van der Waals surface area (Å²) < 4.78 is 34.7. The number of allylic oxidation sites excluding steroid dienone is 3. The molecule has 2 fully saturated rings. The summed E-state index contributed by atoms with van der Waals surface area (Å²) >= 11 is 0. The monoisotopic (exact) mass is 430 g/mol. The number of ether oxygens (including phenoxy) is 1. The number of benzene rings is 1. The summed E-state index contributed by atoms with van der Waals surface area (Å²) in [6.45, 7) is 4.95. The summed E-state index contributed by atoms with van der Waals surface area (Å²) in [4.78, 5) is 0. The standard InChI is InChI=1S/C28H40F2O/c1-3-5-25-13-17-26(28(29,30)21-25)16-12-23-9-6-22(7-10-23)8-11-24-14-18-27(19-15-24)31-20-4-2/h8,11-12,14-16,18-19,22-23,25-26H,3-7,9-10,13,17,20-21H2,1-2H3/b11-8+,16-12+. The first-order chi connectivity index (χ1) is 15.0. The molecule has 2 aliphatic carbocycles. The summed E-state index contributed by atoms with van der Waals surface area (Å²) in [6.07, 6.45) is 17.7. The van der Waals surface area contributed by atoms with Crippen LogP contribution in [0, 0.1) is 23.7 Å². The van der Waals surface area contributed by atoms with E-state index in [0.29, 0.717) is 18.3 Å². The van der Waals surface area contributed by atoms with Crippen LogP contribution in [0.5, 0.6) is 5.75 Å². The first-order valence-electron chi connectivity index (χ1n) is 12.5. The molecule has 0 N–H and O–H groups in total. The Morgan fingerprint density at radius 1 is 0.871 bits per heavy atom. The number of hydrogen-bond donors (Lipinski definition) is 0. The van der Waals surface area contributed by atoms with E-state index in [1.807, 2.05) is 18.2 Å². The normalized spacial score (nSPS) is 28.9. The van der Waals surface area contributed by atoms with Gasteiger partial charge in [-0.1, -0.05) is 63.1 Å². The van der Waals surface area contributed by atoms with Gasteiger partial charge in [0.15, 0.2) is 0 Å². The number of alkyl halides is 2.